The number of carbonyl (C=O) groups excluding carboxylic acids is 1. The Morgan fingerprint density at radius 1 is 1.17 bits per heavy atom. The molecule has 1 rings (SSSR count). The van der Waals surface area contributed by atoms with Gasteiger partial charge in [0.1, 0.15) is 0 Å². The van der Waals surface area contributed by atoms with E-state index in [0.29, 0.717) is 18.4 Å². The zero-order valence-electron chi connectivity index (χ0n) is 12.0. The molecule has 0 heterocycles. The van der Waals surface area contributed by atoms with Gasteiger partial charge in [-0.15, -0.1) is 0 Å². The number of hydrogen-bond donors (Lipinski definition) is 2. The maximum atomic E-state index is 11.6. The van der Waals surface area contributed by atoms with E-state index < -0.39 is 0 Å². The molecule has 3 nitrogen and oxygen atoms in total. The molecule has 0 radical (unpaired) electrons. The molecule has 0 saturated heterocycles. The minimum absolute atomic E-state index is 0.00306. The first-order valence-corrected chi connectivity index (χ1v) is 6.54. The van der Waals surface area contributed by atoms with Gasteiger partial charge in [-0.05, 0) is 36.1 Å². The van der Waals surface area contributed by atoms with Crippen LogP contribution in [0.25, 0.3) is 0 Å². The average molecular weight is 248 g/mol. The normalized spacial score (nSPS) is 11.1. The number of amides is 1. The molecule has 0 fully saturated rings. The minimum Gasteiger partial charge on any atom is -0.325 e. The summed E-state index contributed by atoms with van der Waals surface area (Å²) >= 11 is 0. The first-order valence-electron chi connectivity index (χ1n) is 6.54. The quantitative estimate of drug-likeness (QED) is 0.840. The molecule has 0 aliphatic rings. The summed E-state index contributed by atoms with van der Waals surface area (Å²) in [6.07, 6.45) is 0. The van der Waals surface area contributed by atoms with Crippen molar-refractivity contribution in [2.45, 2.75) is 39.5 Å². The summed E-state index contributed by atoms with van der Waals surface area (Å²) in [6.45, 7) is 8.99. The molecule has 1 aromatic carbocycles. The SMILES string of the molecule is CNCC(=O)Nc1ccc(C(C)C)cc1C(C)C. The molecule has 0 spiro atoms. The van der Waals surface area contributed by atoms with Crippen LogP contribution in [-0.4, -0.2) is 19.5 Å². The zero-order chi connectivity index (χ0) is 13.7. The van der Waals surface area contributed by atoms with E-state index in [0.717, 1.165) is 5.69 Å². The Balaban J connectivity index is 3.00. The van der Waals surface area contributed by atoms with E-state index in [2.05, 4.69) is 50.5 Å². The summed E-state index contributed by atoms with van der Waals surface area (Å²) in [7, 11) is 1.77. The maximum absolute atomic E-state index is 11.6. The van der Waals surface area contributed by atoms with Gasteiger partial charge in [-0.2, -0.15) is 0 Å². The molecule has 2 N–H and O–H groups in total. The molecular formula is C15H24N2O. The molecule has 100 valence electrons. The highest BCUT2D eigenvalue weighted by atomic mass is 16.1. The smallest absolute Gasteiger partial charge is 0.238 e. The van der Waals surface area contributed by atoms with Gasteiger partial charge in [-0.3, -0.25) is 4.79 Å². The lowest BCUT2D eigenvalue weighted by Crippen LogP contribution is -2.25. The Labute approximate surface area is 110 Å². The van der Waals surface area contributed by atoms with E-state index in [1.165, 1.54) is 11.1 Å². The summed E-state index contributed by atoms with van der Waals surface area (Å²) < 4.78 is 0. The second kappa shape index (κ2) is 6.55. The van der Waals surface area contributed by atoms with Gasteiger partial charge in [0, 0.05) is 5.69 Å². The summed E-state index contributed by atoms with van der Waals surface area (Å²) in [6, 6.07) is 6.30. The van der Waals surface area contributed by atoms with Crippen LogP contribution in [0.1, 0.15) is 50.7 Å². The Hall–Kier alpha value is -1.35. The predicted molar refractivity (Wildman–Crippen MR) is 77.2 cm³/mol. The lowest BCUT2D eigenvalue weighted by atomic mass is 9.94. The number of anilines is 1. The summed E-state index contributed by atoms with van der Waals surface area (Å²) in [4.78, 5) is 11.6. The second-order valence-electron chi connectivity index (χ2n) is 5.23. The lowest BCUT2D eigenvalue weighted by molar-refractivity contribution is -0.115. The van der Waals surface area contributed by atoms with Crippen molar-refractivity contribution in [1.29, 1.82) is 0 Å². The molecule has 18 heavy (non-hydrogen) atoms. The molecule has 3 heteroatoms. The van der Waals surface area contributed by atoms with Crippen LogP contribution < -0.4 is 10.6 Å². The molecule has 1 aromatic rings. The average Bonchev–Trinajstić information content (AvgIpc) is 2.29. The second-order valence-corrected chi connectivity index (χ2v) is 5.23. The molecule has 0 unspecified atom stereocenters. The summed E-state index contributed by atoms with van der Waals surface area (Å²) in [5.41, 5.74) is 3.44. The fourth-order valence-corrected chi connectivity index (χ4v) is 1.89. The van der Waals surface area contributed by atoms with Crippen molar-refractivity contribution in [3.63, 3.8) is 0 Å². The Kier molecular flexibility index (Phi) is 5.35. The van der Waals surface area contributed by atoms with Gasteiger partial charge in [0.25, 0.3) is 0 Å². The van der Waals surface area contributed by atoms with Gasteiger partial charge >= 0.3 is 0 Å². The van der Waals surface area contributed by atoms with Crippen LogP contribution in [0.5, 0.6) is 0 Å². The molecule has 0 aromatic heterocycles. The number of benzene rings is 1. The molecule has 0 atom stereocenters. The maximum Gasteiger partial charge on any atom is 0.238 e. The highest BCUT2D eigenvalue weighted by Crippen LogP contribution is 2.28. The third-order valence-corrected chi connectivity index (χ3v) is 2.98. The van der Waals surface area contributed by atoms with Crippen molar-refractivity contribution >= 4 is 11.6 Å². The number of hydrogen-bond acceptors (Lipinski definition) is 2. The van der Waals surface area contributed by atoms with Gasteiger partial charge in [0.05, 0.1) is 6.54 Å². The van der Waals surface area contributed by atoms with Crippen LogP contribution in [0.4, 0.5) is 5.69 Å². The topological polar surface area (TPSA) is 41.1 Å². The van der Waals surface area contributed by atoms with Gasteiger partial charge < -0.3 is 10.6 Å². The van der Waals surface area contributed by atoms with Gasteiger partial charge in [0.2, 0.25) is 5.91 Å². The van der Waals surface area contributed by atoms with E-state index in [1.807, 2.05) is 6.07 Å². The minimum atomic E-state index is -0.00306. The predicted octanol–water partition coefficient (Wildman–Crippen LogP) is 3.09. The van der Waals surface area contributed by atoms with Crippen LogP contribution in [-0.2, 0) is 4.79 Å². The van der Waals surface area contributed by atoms with Crippen molar-refractivity contribution in [1.82, 2.24) is 5.32 Å². The molecule has 0 aliphatic carbocycles. The van der Waals surface area contributed by atoms with Crippen molar-refractivity contribution in [3.8, 4) is 0 Å². The number of carbonyl (C=O) groups is 1. The lowest BCUT2D eigenvalue weighted by Gasteiger charge is -2.17. The third kappa shape index (κ3) is 3.84. The number of likely N-dealkylation sites (N-methyl/N-ethyl adjacent to an activating group) is 1. The van der Waals surface area contributed by atoms with Crippen LogP contribution in [0, 0.1) is 0 Å². The summed E-state index contributed by atoms with van der Waals surface area (Å²) in [5.74, 6) is 0.898. The molecular weight excluding hydrogens is 224 g/mol. The third-order valence-electron chi connectivity index (χ3n) is 2.98. The van der Waals surface area contributed by atoms with Crippen LogP contribution >= 0.6 is 0 Å². The first-order chi connectivity index (χ1) is 8.45. The van der Waals surface area contributed by atoms with Gasteiger partial charge in [0.15, 0.2) is 0 Å². The van der Waals surface area contributed by atoms with Crippen molar-refractivity contribution < 1.29 is 4.79 Å². The largest absolute Gasteiger partial charge is 0.325 e. The van der Waals surface area contributed by atoms with Crippen LogP contribution in [0.3, 0.4) is 0 Å². The van der Waals surface area contributed by atoms with Crippen LogP contribution in [0.15, 0.2) is 18.2 Å². The summed E-state index contributed by atoms with van der Waals surface area (Å²) in [5, 5.41) is 5.81. The standard InChI is InChI=1S/C15H24N2O/c1-10(2)12-6-7-14(13(8-12)11(3)4)17-15(18)9-16-5/h6-8,10-11,16H,9H2,1-5H3,(H,17,18). The van der Waals surface area contributed by atoms with Crippen molar-refractivity contribution in [2.75, 3.05) is 18.9 Å². The van der Waals surface area contributed by atoms with Gasteiger partial charge in [-0.1, -0.05) is 39.8 Å². The van der Waals surface area contributed by atoms with Crippen LogP contribution in [0.2, 0.25) is 0 Å². The number of nitrogens with one attached hydrogen (secondary N) is 2. The molecule has 1 amide bonds. The molecule has 0 saturated carbocycles. The fraction of sp³-hybridized carbons (Fsp3) is 0.533. The molecule has 0 aliphatic heterocycles. The highest BCUT2D eigenvalue weighted by molar-refractivity contribution is 5.93. The van der Waals surface area contributed by atoms with E-state index in [-0.39, 0.29) is 5.91 Å². The van der Waals surface area contributed by atoms with E-state index in [9.17, 15) is 4.79 Å². The van der Waals surface area contributed by atoms with Crippen molar-refractivity contribution in [2.24, 2.45) is 0 Å². The number of rotatable bonds is 5. The Morgan fingerprint density at radius 2 is 1.83 bits per heavy atom. The van der Waals surface area contributed by atoms with Gasteiger partial charge in [-0.25, -0.2) is 0 Å². The van der Waals surface area contributed by atoms with Crippen molar-refractivity contribution in [3.05, 3.63) is 29.3 Å². The van der Waals surface area contributed by atoms with E-state index in [4.69, 9.17) is 0 Å². The fourth-order valence-electron chi connectivity index (χ4n) is 1.89. The zero-order valence-corrected chi connectivity index (χ0v) is 12.0. The molecule has 0 bridgehead atoms. The first kappa shape index (κ1) is 14.7. The Bertz CT molecular complexity index is 411. The van der Waals surface area contributed by atoms with E-state index in [1.54, 1.807) is 7.05 Å². The highest BCUT2D eigenvalue weighted by Gasteiger charge is 2.11. The Morgan fingerprint density at radius 3 is 2.33 bits per heavy atom. The monoisotopic (exact) mass is 248 g/mol. The van der Waals surface area contributed by atoms with E-state index >= 15 is 0 Å².